The van der Waals surface area contributed by atoms with E-state index < -0.39 is 40.9 Å². The smallest absolute Gasteiger partial charge is 0.207 e. The first-order valence-corrected chi connectivity index (χ1v) is 12.9. The molecule has 3 atom stereocenters. The van der Waals surface area contributed by atoms with E-state index in [1.54, 1.807) is 7.11 Å². The molecule has 3 aliphatic heterocycles. The molecular weight excluding hydrogens is 493 g/mol. The highest BCUT2D eigenvalue weighted by Gasteiger charge is 2.42. The van der Waals surface area contributed by atoms with Crippen molar-refractivity contribution >= 4 is 5.69 Å². The first kappa shape index (κ1) is 26.0. The molecule has 0 aliphatic carbocycles. The van der Waals surface area contributed by atoms with Crippen LogP contribution < -0.4 is 14.4 Å². The van der Waals surface area contributed by atoms with Gasteiger partial charge in [-0.1, -0.05) is 12.1 Å². The molecule has 0 saturated carbocycles. The van der Waals surface area contributed by atoms with Gasteiger partial charge in [-0.15, -0.1) is 0 Å². The van der Waals surface area contributed by atoms with Crippen molar-refractivity contribution in [2.45, 2.75) is 50.3 Å². The molecule has 0 spiro atoms. The van der Waals surface area contributed by atoms with Crippen LogP contribution in [0.5, 0.6) is 11.5 Å². The van der Waals surface area contributed by atoms with E-state index in [4.69, 9.17) is 9.47 Å². The van der Waals surface area contributed by atoms with Gasteiger partial charge in [-0.2, -0.15) is 8.78 Å². The standard InChI is InChI=1S/C27H32F5N3O2/c1-36-21-6-3-2-5-20(21)34-13-11-33(12-14-34)9-4-10-35-17-7-8-18(35)16-19(15-17)37-27-25(31)23(29)22(28)24(30)26(27)32/h2-3,5-6,17-19H,4,7-16H2,1H3/t17-,18+,19?. The Kier molecular flexibility index (Phi) is 7.76. The molecule has 0 N–H and O–H groups in total. The van der Waals surface area contributed by atoms with Crippen LogP contribution in [0.15, 0.2) is 24.3 Å². The van der Waals surface area contributed by atoms with Crippen molar-refractivity contribution in [1.82, 2.24) is 9.80 Å². The van der Waals surface area contributed by atoms with Crippen molar-refractivity contribution in [2.75, 3.05) is 51.3 Å². The van der Waals surface area contributed by atoms with Crippen LogP contribution in [0.1, 0.15) is 32.1 Å². The van der Waals surface area contributed by atoms with Crippen LogP contribution in [0, 0.1) is 29.1 Å². The molecule has 2 bridgehead atoms. The number of fused-ring (bicyclic) bond motifs is 2. The van der Waals surface area contributed by atoms with Gasteiger partial charge in [0, 0.05) is 38.3 Å². The third-order valence-electron chi connectivity index (χ3n) is 7.98. The monoisotopic (exact) mass is 525 g/mol. The lowest BCUT2D eigenvalue weighted by atomic mass is 9.99. The number of nitrogens with zero attached hydrogens (tertiary/aromatic N) is 3. The summed E-state index contributed by atoms with van der Waals surface area (Å²) < 4.78 is 79.5. The highest BCUT2D eigenvalue weighted by Crippen LogP contribution is 2.39. The van der Waals surface area contributed by atoms with E-state index in [2.05, 4.69) is 20.8 Å². The molecule has 2 aromatic carbocycles. The molecule has 5 rings (SSSR count). The maximum Gasteiger partial charge on any atom is 0.207 e. The van der Waals surface area contributed by atoms with E-state index in [9.17, 15) is 22.0 Å². The number of hydrogen-bond acceptors (Lipinski definition) is 5. The average Bonchev–Trinajstić information content (AvgIpc) is 3.16. The van der Waals surface area contributed by atoms with Crippen molar-refractivity contribution in [1.29, 1.82) is 0 Å². The number of piperidine rings is 1. The minimum absolute atomic E-state index is 0.187. The van der Waals surface area contributed by atoms with Gasteiger partial charge in [-0.25, -0.2) is 13.2 Å². The van der Waals surface area contributed by atoms with Crippen molar-refractivity contribution < 1.29 is 31.4 Å². The number of piperazine rings is 1. The molecule has 2 aromatic rings. The fourth-order valence-electron chi connectivity index (χ4n) is 6.12. The molecule has 3 heterocycles. The third-order valence-corrected chi connectivity index (χ3v) is 7.98. The van der Waals surface area contributed by atoms with Gasteiger partial charge < -0.3 is 14.4 Å². The predicted octanol–water partition coefficient (Wildman–Crippen LogP) is 4.98. The van der Waals surface area contributed by atoms with Crippen molar-refractivity contribution in [3.8, 4) is 11.5 Å². The van der Waals surface area contributed by atoms with E-state index in [1.165, 1.54) is 0 Å². The van der Waals surface area contributed by atoms with Crippen molar-refractivity contribution in [3.05, 3.63) is 53.4 Å². The molecule has 3 fully saturated rings. The lowest BCUT2D eigenvalue weighted by Crippen LogP contribution is -2.49. The Morgan fingerprint density at radius 2 is 1.38 bits per heavy atom. The normalized spacial score (nSPS) is 24.5. The Morgan fingerprint density at radius 3 is 2.00 bits per heavy atom. The Hall–Kier alpha value is -2.59. The highest BCUT2D eigenvalue weighted by atomic mass is 19.2. The highest BCUT2D eigenvalue weighted by molar-refractivity contribution is 5.58. The second-order valence-corrected chi connectivity index (χ2v) is 10.1. The Morgan fingerprint density at radius 1 is 0.784 bits per heavy atom. The summed E-state index contributed by atoms with van der Waals surface area (Å²) in [5, 5.41) is 0. The number of rotatable bonds is 8. The van der Waals surface area contributed by atoms with Gasteiger partial charge in [-0.3, -0.25) is 9.80 Å². The van der Waals surface area contributed by atoms with Gasteiger partial charge in [-0.05, 0) is 57.3 Å². The molecule has 10 heteroatoms. The zero-order chi connectivity index (χ0) is 26.1. The number of ether oxygens (including phenoxy) is 2. The number of anilines is 1. The molecule has 3 aliphatic rings. The van der Waals surface area contributed by atoms with Crippen LogP contribution >= 0.6 is 0 Å². The maximum atomic E-state index is 14.1. The van der Waals surface area contributed by atoms with Crippen molar-refractivity contribution in [3.63, 3.8) is 0 Å². The minimum atomic E-state index is -2.17. The molecule has 0 aromatic heterocycles. The molecular formula is C27H32F5N3O2. The SMILES string of the molecule is COc1ccccc1N1CCN(CCCN2[C@@H]3CC[C@H]2CC(Oc2c(F)c(F)c(F)c(F)c2F)C3)CC1. The largest absolute Gasteiger partial charge is 0.495 e. The van der Waals surface area contributed by atoms with E-state index in [-0.39, 0.29) is 12.1 Å². The number of hydrogen-bond donors (Lipinski definition) is 0. The Labute approximate surface area is 213 Å². The van der Waals surface area contributed by atoms with Crippen LogP contribution in [0.2, 0.25) is 0 Å². The van der Waals surface area contributed by atoms with E-state index >= 15 is 0 Å². The molecule has 1 unspecified atom stereocenters. The zero-order valence-corrected chi connectivity index (χ0v) is 20.9. The minimum Gasteiger partial charge on any atom is -0.495 e. The summed E-state index contributed by atoms with van der Waals surface area (Å²) in [6.45, 7) is 5.72. The van der Waals surface area contributed by atoms with Gasteiger partial charge >= 0.3 is 0 Å². The summed E-state index contributed by atoms with van der Waals surface area (Å²) in [6.07, 6.45) is 3.33. The molecule has 202 valence electrons. The lowest BCUT2D eigenvalue weighted by molar-refractivity contribution is 0.0415. The summed E-state index contributed by atoms with van der Waals surface area (Å²) in [6, 6.07) is 8.44. The second-order valence-electron chi connectivity index (χ2n) is 10.1. The number of benzene rings is 2. The molecule has 0 radical (unpaired) electrons. The first-order chi connectivity index (χ1) is 17.9. The molecule has 3 saturated heterocycles. The van der Waals surface area contributed by atoms with Gasteiger partial charge in [0.1, 0.15) is 11.9 Å². The average molecular weight is 526 g/mol. The predicted molar refractivity (Wildman–Crippen MR) is 130 cm³/mol. The van der Waals surface area contributed by atoms with Gasteiger partial charge in [0.15, 0.2) is 5.75 Å². The third kappa shape index (κ3) is 5.23. The Bertz CT molecular complexity index is 1070. The van der Waals surface area contributed by atoms with Crippen LogP contribution in [0.3, 0.4) is 0 Å². The maximum absolute atomic E-state index is 14.1. The summed E-state index contributed by atoms with van der Waals surface area (Å²) in [5.74, 6) is -10.2. The van der Waals surface area contributed by atoms with Crippen molar-refractivity contribution in [2.24, 2.45) is 0 Å². The first-order valence-electron chi connectivity index (χ1n) is 12.9. The number of halogens is 5. The second kappa shape index (κ2) is 11.0. The van der Waals surface area contributed by atoms with E-state index in [1.807, 2.05) is 18.2 Å². The fourth-order valence-corrected chi connectivity index (χ4v) is 6.12. The van der Waals surface area contributed by atoms with Gasteiger partial charge in [0.25, 0.3) is 0 Å². The fraction of sp³-hybridized carbons (Fsp3) is 0.556. The van der Waals surface area contributed by atoms with Crippen LogP contribution in [0.4, 0.5) is 27.6 Å². The topological polar surface area (TPSA) is 28.2 Å². The van der Waals surface area contributed by atoms with Crippen LogP contribution in [0.25, 0.3) is 0 Å². The van der Waals surface area contributed by atoms with Crippen LogP contribution in [-0.4, -0.2) is 74.4 Å². The Balaban J connectivity index is 1.10. The van der Waals surface area contributed by atoms with Gasteiger partial charge in [0.2, 0.25) is 29.1 Å². The number of methoxy groups -OCH3 is 1. The quantitative estimate of drug-likeness (QED) is 0.276. The van der Waals surface area contributed by atoms with E-state index in [0.29, 0.717) is 12.8 Å². The molecule has 0 amide bonds. The summed E-state index contributed by atoms with van der Waals surface area (Å²) in [7, 11) is 1.69. The van der Waals surface area contributed by atoms with E-state index in [0.717, 1.165) is 70.0 Å². The number of para-hydroxylation sites is 2. The molecule has 37 heavy (non-hydrogen) atoms. The molecule has 5 nitrogen and oxygen atoms in total. The van der Waals surface area contributed by atoms with Gasteiger partial charge in [0.05, 0.1) is 12.8 Å². The summed E-state index contributed by atoms with van der Waals surface area (Å²) >= 11 is 0. The lowest BCUT2D eigenvalue weighted by Gasteiger charge is -2.40. The summed E-state index contributed by atoms with van der Waals surface area (Å²) in [5.41, 5.74) is 1.12. The zero-order valence-electron chi connectivity index (χ0n) is 20.9. The van der Waals surface area contributed by atoms with Crippen LogP contribution in [-0.2, 0) is 0 Å². The summed E-state index contributed by atoms with van der Waals surface area (Å²) in [4.78, 5) is 7.25.